The summed E-state index contributed by atoms with van der Waals surface area (Å²) in [7, 11) is 0. The van der Waals surface area contributed by atoms with E-state index in [4.69, 9.17) is 0 Å². The Labute approximate surface area is 172 Å². The number of H-pyrrole nitrogens is 1. The Bertz CT molecular complexity index is 1220. The number of benzene rings is 2. The molecule has 1 N–H and O–H groups in total. The summed E-state index contributed by atoms with van der Waals surface area (Å²) in [6, 6.07) is 13.8. The highest BCUT2D eigenvalue weighted by atomic mass is 16.2. The first kappa shape index (κ1) is 19.5. The summed E-state index contributed by atoms with van der Waals surface area (Å²) in [5, 5.41) is 0.471. The van der Waals surface area contributed by atoms with Crippen molar-refractivity contribution in [3.8, 4) is 0 Å². The summed E-state index contributed by atoms with van der Waals surface area (Å²) < 4.78 is 0. The maximum atomic E-state index is 12.9. The normalized spacial score (nSPS) is 13.4. The van der Waals surface area contributed by atoms with Crippen LogP contribution in [0, 0.1) is 0 Å². The Kier molecular flexibility index (Phi) is 5.14. The van der Waals surface area contributed by atoms with E-state index in [9.17, 15) is 19.2 Å². The number of carbonyl (C=O) groups is 3. The van der Waals surface area contributed by atoms with Gasteiger partial charge in [-0.1, -0.05) is 30.3 Å². The molecule has 3 amide bonds. The third kappa shape index (κ3) is 3.59. The van der Waals surface area contributed by atoms with E-state index in [-0.39, 0.29) is 25.1 Å². The van der Waals surface area contributed by atoms with Crippen molar-refractivity contribution in [1.82, 2.24) is 19.8 Å². The van der Waals surface area contributed by atoms with E-state index in [1.807, 2.05) is 0 Å². The van der Waals surface area contributed by atoms with E-state index in [0.29, 0.717) is 34.4 Å². The number of imide groups is 1. The van der Waals surface area contributed by atoms with Crippen LogP contribution in [0.5, 0.6) is 0 Å². The first-order chi connectivity index (χ1) is 14.5. The van der Waals surface area contributed by atoms with Crippen molar-refractivity contribution in [3.63, 3.8) is 0 Å². The summed E-state index contributed by atoms with van der Waals surface area (Å²) in [5.74, 6) is -0.922. The second-order valence-electron chi connectivity index (χ2n) is 7.06. The Morgan fingerprint density at radius 1 is 1.10 bits per heavy atom. The molecule has 8 heteroatoms. The van der Waals surface area contributed by atoms with E-state index in [0.717, 1.165) is 4.90 Å². The van der Waals surface area contributed by atoms with Crippen LogP contribution < -0.4 is 5.56 Å². The summed E-state index contributed by atoms with van der Waals surface area (Å²) in [5.41, 5.74) is 1.37. The van der Waals surface area contributed by atoms with Crippen LogP contribution in [0.4, 0.5) is 0 Å². The largest absolute Gasteiger partial charge is 0.334 e. The molecule has 0 bridgehead atoms. The van der Waals surface area contributed by atoms with Crippen LogP contribution in [0.15, 0.2) is 53.3 Å². The number of carbonyl (C=O) groups excluding carboxylic acids is 3. The van der Waals surface area contributed by atoms with Crippen molar-refractivity contribution in [2.45, 2.75) is 19.9 Å². The minimum absolute atomic E-state index is 0.0716. The van der Waals surface area contributed by atoms with Crippen molar-refractivity contribution < 1.29 is 14.4 Å². The highest BCUT2D eigenvalue weighted by Gasteiger charge is 2.33. The lowest BCUT2D eigenvalue weighted by Gasteiger charge is -2.29. The summed E-state index contributed by atoms with van der Waals surface area (Å²) in [4.78, 5) is 59.8. The third-order valence-corrected chi connectivity index (χ3v) is 5.17. The molecule has 30 heavy (non-hydrogen) atoms. The number of likely N-dealkylation sites (N-methyl/N-ethyl adjacent to an activating group) is 1. The van der Waals surface area contributed by atoms with Crippen LogP contribution >= 0.6 is 0 Å². The quantitative estimate of drug-likeness (QED) is 0.649. The predicted molar refractivity (Wildman–Crippen MR) is 110 cm³/mol. The summed E-state index contributed by atoms with van der Waals surface area (Å²) in [6.07, 6.45) is 0.0842. The molecule has 1 aliphatic rings. The smallest absolute Gasteiger partial charge is 0.261 e. The second kappa shape index (κ2) is 7.90. The fourth-order valence-corrected chi connectivity index (χ4v) is 3.56. The van der Waals surface area contributed by atoms with Gasteiger partial charge in [-0.05, 0) is 30.7 Å². The van der Waals surface area contributed by atoms with Crippen LogP contribution in [-0.4, -0.2) is 50.6 Å². The molecular formula is C22H20N4O4. The van der Waals surface area contributed by atoms with Crippen LogP contribution in [0.2, 0.25) is 0 Å². The number of nitrogens with one attached hydrogen (secondary N) is 1. The predicted octanol–water partition coefficient (Wildman–Crippen LogP) is 1.50. The zero-order valence-corrected chi connectivity index (χ0v) is 16.4. The molecule has 0 radical (unpaired) electrons. The fourth-order valence-electron chi connectivity index (χ4n) is 3.56. The van der Waals surface area contributed by atoms with Crippen molar-refractivity contribution >= 4 is 28.6 Å². The van der Waals surface area contributed by atoms with Gasteiger partial charge in [-0.3, -0.25) is 24.1 Å². The van der Waals surface area contributed by atoms with Crippen molar-refractivity contribution in [2.24, 2.45) is 0 Å². The molecule has 8 nitrogen and oxygen atoms in total. The molecule has 0 saturated carbocycles. The monoisotopic (exact) mass is 404 g/mol. The van der Waals surface area contributed by atoms with Crippen molar-refractivity contribution in [2.75, 3.05) is 13.1 Å². The van der Waals surface area contributed by atoms with Crippen LogP contribution in [0.3, 0.4) is 0 Å². The Hall–Kier alpha value is -3.81. The van der Waals surface area contributed by atoms with Gasteiger partial charge in [0.05, 0.1) is 23.9 Å². The highest BCUT2D eigenvalue weighted by molar-refractivity contribution is 6.11. The number of hydrogen-bond donors (Lipinski definition) is 1. The third-order valence-electron chi connectivity index (χ3n) is 5.17. The molecule has 2 heterocycles. The van der Waals surface area contributed by atoms with E-state index in [1.165, 1.54) is 4.90 Å². The topological polar surface area (TPSA) is 103 Å². The zero-order valence-electron chi connectivity index (χ0n) is 16.4. The van der Waals surface area contributed by atoms with E-state index in [1.54, 1.807) is 55.5 Å². The van der Waals surface area contributed by atoms with Gasteiger partial charge in [0.2, 0.25) is 11.8 Å². The molecule has 1 aromatic heterocycles. The molecule has 1 aliphatic heterocycles. The molecule has 0 aliphatic carbocycles. The number of aromatic amines is 1. The summed E-state index contributed by atoms with van der Waals surface area (Å²) in [6.45, 7) is 1.84. The van der Waals surface area contributed by atoms with E-state index < -0.39 is 17.7 Å². The molecule has 2 aromatic carbocycles. The maximum absolute atomic E-state index is 12.9. The number of amides is 3. The van der Waals surface area contributed by atoms with Crippen LogP contribution in [-0.2, 0) is 22.6 Å². The van der Waals surface area contributed by atoms with Crippen molar-refractivity contribution in [3.05, 3.63) is 75.8 Å². The number of rotatable bonds is 5. The van der Waals surface area contributed by atoms with Gasteiger partial charge in [0, 0.05) is 12.1 Å². The van der Waals surface area contributed by atoms with Crippen LogP contribution in [0.25, 0.3) is 10.9 Å². The second-order valence-corrected chi connectivity index (χ2v) is 7.06. The van der Waals surface area contributed by atoms with Gasteiger partial charge in [0.15, 0.2) is 0 Å². The molecule has 0 spiro atoms. The van der Waals surface area contributed by atoms with Gasteiger partial charge in [-0.25, -0.2) is 4.98 Å². The standard InChI is InChI=1S/C22H20N4O4/c1-2-25(12-18-23-17-10-6-5-9-16(17)21(29)24-18)20(28)13-26-19(27)11-14-7-3-4-8-15(14)22(26)30/h3-10H,2,11-13H2,1H3,(H,23,24,29). The Morgan fingerprint density at radius 2 is 1.83 bits per heavy atom. The van der Waals surface area contributed by atoms with Gasteiger partial charge in [-0.15, -0.1) is 0 Å². The van der Waals surface area contributed by atoms with E-state index in [2.05, 4.69) is 9.97 Å². The highest BCUT2D eigenvalue weighted by Crippen LogP contribution is 2.19. The molecule has 0 fully saturated rings. The number of hydrogen-bond acceptors (Lipinski definition) is 5. The molecule has 152 valence electrons. The minimum atomic E-state index is -0.469. The first-order valence-corrected chi connectivity index (χ1v) is 9.66. The van der Waals surface area contributed by atoms with Gasteiger partial charge in [0.25, 0.3) is 11.5 Å². The lowest BCUT2D eigenvalue weighted by atomic mass is 9.98. The van der Waals surface area contributed by atoms with Crippen molar-refractivity contribution in [1.29, 1.82) is 0 Å². The summed E-state index contributed by atoms with van der Waals surface area (Å²) >= 11 is 0. The first-order valence-electron chi connectivity index (χ1n) is 9.66. The number of nitrogens with zero attached hydrogens (tertiary/aromatic N) is 3. The zero-order chi connectivity index (χ0) is 21.3. The molecule has 4 rings (SSSR count). The SMILES string of the molecule is CCN(Cc1nc2ccccc2c(=O)[nH]1)C(=O)CN1C(=O)Cc2ccccc2C1=O. The lowest BCUT2D eigenvalue weighted by molar-refractivity contribution is -0.138. The number of para-hydroxylation sites is 1. The van der Waals surface area contributed by atoms with Crippen LogP contribution in [0.1, 0.15) is 28.7 Å². The van der Waals surface area contributed by atoms with Gasteiger partial charge >= 0.3 is 0 Å². The average molecular weight is 404 g/mol. The van der Waals surface area contributed by atoms with Gasteiger partial charge < -0.3 is 9.88 Å². The van der Waals surface area contributed by atoms with Gasteiger partial charge in [0.1, 0.15) is 12.4 Å². The van der Waals surface area contributed by atoms with E-state index >= 15 is 0 Å². The maximum Gasteiger partial charge on any atom is 0.261 e. The minimum Gasteiger partial charge on any atom is -0.334 e. The Balaban J connectivity index is 1.53. The Morgan fingerprint density at radius 3 is 2.63 bits per heavy atom. The average Bonchev–Trinajstić information content (AvgIpc) is 2.75. The number of aromatic nitrogens is 2. The molecular weight excluding hydrogens is 384 g/mol. The molecule has 3 aromatic rings. The molecule has 0 atom stereocenters. The lowest BCUT2D eigenvalue weighted by Crippen LogP contribution is -2.48. The molecule has 0 saturated heterocycles. The number of fused-ring (bicyclic) bond motifs is 2. The molecule has 0 unspecified atom stereocenters. The fraction of sp³-hybridized carbons (Fsp3) is 0.227. The van der Waals surface area contributed by atoms with Gasteiger partial charge in [-0.2, -0.15) is 0 Å².